The zero-order valence-electron chi connectivity index (χ0n) is 41.3. The van der Waals surface area contributed by atoms with Crippen LogP contribution in [-0.2, 0) is 9.59 Å². The van der Waals surface area contributed by atoms with Crippen molar-refractivity contribution >= 4 is 80.9 Å². The van der Waals surface area contributed by atoms with Crippen LogP contribution in [0.5, 0.6) is 5.75 Å². The number of aromatic amines is 2. The number of benzene rings is 6. The van der Waals surface area contributed by atoms with Crippen LogP contribution in [0.1, 0.15) is 105 Å². The number of carbonyl (C=O) groups excluding carboxylic acids is 4. The summed E-state index contributed by atoms with van der Waals surface area (Å²) in [5.41, 5.74) is 14.6. The van der Waals surface area contributed by atoms with Gasteiger partial charge in [-0.2, -0.15) is 0 Å². The number of aldehydes is 1. The van der Waals surface area contributed by atoms with Crippen molar-refractivity contribution in [1.82, 2.24) is 19.9 Å². The van der Waals surface area contributed by atoms with Crippen LogP contribution in [-0.4, -0.2) is 49.6 Å². The van der Waals surface area contributed by atoms with E-state index in [0.29, 0.717) is 45.9 Å². The highest BCUT2D eigenvalue weighted by molar-refractivity contribution is 6.30. The average Bonchev–Trinajstić information content (AvgIpc) is 4.03. The van der Waals surface area contributed by atoms with Gasteiger partial charge in [-0.15, -0.1) is 0 Å². The van der Waals surface area contributed by atoms with Crippen molar-refractivity contribution in [1.29, 1.82) is 0 Å². The molecule has 8 N–H and O–H groups in total. The number of anilines is 4. The van der Waals surface area contributed by atoms with Gasteiger partial charge in [0.05, 0.1) is 22.1 Å². The number of phenolic OH excluding ortho intramolecular Hbond substituents is 1. The Labute approximate surface area is 430 Å². The number of phenols is 1. The van der Waals surface area contributed by atoms with Crippen LogP contribution in [0.3, 0.4) is 0 Å². The summed E-state index contributed by atoms with van der Waals surface area (Å²) in [5.74, 6) is 3.89. The van der Waals surface area contributed by atoms with Crippen LogP contribution < -0.4 is 21.7 Å². The van der Waals surface area contributed by atoms with Gasteiger partial charge >= 0.3 is 0 Å². The quantitative estimate of drug-likeness (QED) is 0.0545. The Morgan fingerprint density at radius 1 is 0.671 bits per heavy atom. The molecule has 0 aliphatic heterocycles. The second-order valence-corrected chi connectivity index (χ2v) is 20.3. The van der Waals surface area contributed by atoms with Crippen molar-refractivity contribution in [3.05, 3.63) is 150 Å². The lowest BCUT2D eigenvalue weighted by molar-refractivity contribution is -0.129. The summed E-state index contributed by atoms with van der Waals surface area (Å²) in [4.78, 5) is 62.1. The molecule has 73 heavy (non-hydrogen) atoms. The number of nitrogens with one attached hydrogen (secondary N) is 5. The largest absolute Gasteiger partial charge is 0.508 e. The number of aromatic hydroxyl groups is 1. The monoisotopic (exact) mass is 998 g/mol. The molecule has 2 bridgehead atoms. The molecule has 2 atom stereocenters. The van der Waals surface area contributed by atoms with Gasteiger partial charge in [-0.25, -0.2) is 9.97 Å². The fourth-order valence-electron chi connectivity index (χ4n) is 10.1. The Bertz CT molecular complexity index is 3120. The molecule has 0 radical (unpaired) electrons. The van der Waals surface area contributed by atoms with E-state index in [1.54, 1.807) is 36.4 Å². The number of aromatic nitrogens is 4. The van der Waals surface area contributed by atoms with Gasteiger partial charge < -0.3 is 36.8 Å². The van der Waals surface area contributed by atoms with Crippen molar-refractivity contribution in [3.63, 3.8) is 0 Å². The zero-order chi connectivity index (χ0) is 51.3. The first-order valence-corrected chi connectivity index (χ1v) is 25.5. The van der Waals surface area contributed by atoms with E-state index in [1.165, 1.54) is 69.9 Å². The Hall–Kier alpha value is -7.77. The lowest BCUT2D eigenvalue weighted by Crippen LogP contribution is -2.42. The fourth-order valence-corrected chi connectivity index (χ4v) is 10.3. The van der Waals surface area contributed by atoms with Gasteiger partial charge in [0.25, 0.3) is 5.91 Å². The second-order valence-electron chi connectivity index (χ2n) is 19.8. The number of hydrogen-bond donors (Lipinski definition) is 7. The molecule has 3 saturated carbocycles. The number of amides is 3. The molecule has 11 rings (SSSR count). The van der Waals surface area contributed by atoms with Crippen molar-refractivity contribution in [2.75, 3.05) is 21.7 Å². The van der Waals surface area contributed by atoms with Crippen molar-refractivity contribution < 1.29 is 24.3 Å². The molecule has 13 nitrogen and oxygen atoms in total. The second kappa shape index (κ2) is 24.1. The summed E-state index contributed by atoms with van der Waals surface area (Å²) >= 11 is 5.55. The third kappa shape index (κ3) is 14.0. The number of fused-ring (bicyclic) bond motifs is 4. The molecule has 3 fully saturated rings. The number of nitrogens with zero attached hydrogens (tertiary/aromatic N) is 2. The molecular formula is C59H63ClN8O5. The van der Waals surface area contributed by atoms with Crippen molar-refractivity contribution in [3.8, 4) is 28.5 Å². The smallest absolute Gasteiger partial charge is 0.255 e. The predicted octanol–water partition coefficient (Wildman–Crippen LogP) is 13.9. The van der Waals surface area contributed by atoms with Crippen LogP contribution in [0.15, 0.2) is 133 Å². The topological polar surface area (TPSA) is 208 Å². The highest BCUT2D eigenvalue weighted by Crippen LogP contribution is 2.49. The van der Waals surface area contributed by atoms with Crippen LogP contribution in [0.2, 0.25) is 5.02 Å². The summed E-state index contributed by atoms with van der Waals surface area (Å²) in [6.45, 7) is 4.50. The lowest BCUT2D eigenvalue weighted by atomic mass is 9.61. The number of nitrogen functional groups attached to an aromatic ring is 1. The van der Waals surface area contributed by atoms with E-state index in [4.69, 9.17) is 22.3 Å². The molecule has 3 aliphatic rings. The minimum absolute atomic E-state index is 0.117. The fraction of sp³-hybridized carbons (Fsp3) is 0.288. The Morgan fingerprint density at radius 2 is 1.22 bits per heavy atom. The maximum Gasteiger partial charge on any atom is 0.255 e. The molecule has 8 aromatic rings. The van der Waals surface area contributed by atoms with Gasteiger partial charge in [0.2, 0.25) is 12.3 Å². The van der Waals surface area contributed by atoms with Crippen LogP contribution in [0.4, 0.5) is 22.7 Å². The highest BCUT2D eigenvalue weighted by Gasteiger charge is 2.43. The number of nitrogens with two attached hydrogens (primary N) is 1. The normalized spacial score (nSPS) is 18.1. The van der Waals surface area contributed by atoms with Gasteiger partial charge in [-0.3, -0.25) is 19.2 Å². The molecule has 0 saturated heterocycles. The van der Waals surface area contributed by atoms with Crippen molar-refractivity contribution in [2.24, 2.45) is 23.2 Å². The highest BCUT2D eigenvalue weighted by atomic mass is 35.5. The summed E-state index contributed by atoms with van der Waals surface area (Å²) < 4.78 is 0. The van der Waals surface area contributed by atoms with Crippen LogP contribution in [0.25, 0.3) is 44.8 Å². The number of H-pyrrole nitrogens is 2. The van der Waals surface area contributed by atoms with Crippen molar-refractivity contribution in [2.45, 2.75) is 84.5 Å². The number of halogens is 1. The summed E-state index contributed by atoms with van der Waals surface area (Å²) in [6.07, 6.45) is 16.0. The number of rotatable bonds is 9. The molecule has 2 heterocycles. The van der Waals surface area contributed by atoms with Gasteiger partial charge in [0.1, 0.15) is 23.7 Å². The molecule has 3 aliphatic carbocycles. The van der Waals surface area contributed by atoms with E-state index in [0.717, 1.165) is 81.1 Å². The van der Waals surface area contributed by atoms with Gasteiger partial charge in [0.15, 0.2) is 0 Å². The van der Waals surface area contributed by atoms with Crippen LogP contribution >= 0.6 is 11.6 Å². The van der Waals surface area contributed by atoms with E-state index >= 15 is 0 Å². The molecule has 376 valence electrons. The zero-order valence-corrected chi connectivity index (χ0v) is 42.1. The lowest BCUT2D eigenvalue weighted by Gasteiger charge is -2.44. The Balaban J connectivity index is 0.000000166. The molecule has 3 amide bonds. The standard InChI is InChI=1S/C31H32N4O3.C14H12N4O.C7H5ClO.C7H14/c1-31(17-19-3-2-4-20(15-19)18-31)30(38)33-24-11-14-26-27(16-24)35-28(34-26)21-5-9-23(10-6-21)32-29(37)22-7-12-25(36)13-8-22;15-10-3-1-9(2-4-10)14-17-12-6-5-11(16-8-19)7-13(12)18-14;8-7-3-1-6(5-9)2-4-7;1-7-5-3-2-4-6-7/h5-14,16,19-20,36H,2-4,15,17-18H2,1H3,(H,32,37)(H,33,38)(H,34,35);1-8H,15H2,(H,16,19)(H,17,18);1-5H;7H,2-6H2,1H3. The molecule has 0 spiro atoms. The molecule has 6 aromatic carbocycles. The Morgan fingerprint density at radius 3 is 1.77 bits per heavy atom. The van der Waals surface area contributed by atoms with E-state index in [2.05, 4.69) is 44.7 Å². The summed E-state index contributed by atoms with van der Waals surface area (Å²) in [6, 6.07) is 39.1. The first-order valence-electron chi connectivity index (χ1n) is 25.1. The Kier molecular flexibility index (Phi) is 17.0. The maximum atomic E-state index is 13.3. The number of hydrogen-bond acceptors (Lipinski definition) is 8. The van der Waals surface area contributed by atoms with E-state index in [-0.39, 0.29) is 23.0 Å². The number of imidazole rings is 2. The maximum absolute atomic E-state index is 13.3. The minimum Gasteiger partial charge on any atom is -0.508 e. The van der Waals surface area contributed by atoms with Gasteiger partial charge in [0, 0.05) is 55.4 Å². The van der Waals surface area contributed by atoms with Gasteiger partial charge in [-0.05, 0) is 158 Å². The molecular weight excluding hydrogens is 936 g/mol. The van der Waals surface area contributed by atoms with E-state index in [9.17, 15) is 24.3 Å². The molecule has 14 heteroatoms. The average molecular weight is 1000 g/mol. The van der Waals surface area contributed by atoms with Crippen LogP contribution in [0, 0.1) is 23.2 Å². The summed E-state index contributed by atoms with van der Waals surface area (Å²) in [7, 11) is 0. The molecule has 2 unspecified atom stereocenters. The van der Waals surface area contributed by atoms with E-state index in [1.807, 2.05) is 84.9 Å². The third-order valence-corrected chi connectivity index (χ3v) is 14.2. The molecule has 2 aromatic heterocycles. The SMILES string of the molecule is CC1(C(=O)Nc2ccc3nc(-c4ccc(NC(=O)c5ccc(O)cc5)cc4)[nH]c3c2)CC2CCCC(C2)C1.CC1CCCCC1.Nc1ccc(-c2nc3ccc(NC=O)cc3[nH]2)cc1.O=Cc1ccc(Cl)cc1. The van der Waals surface area contributed by atoms with Gasteiger partial charge in [-0.1, -0.05) is 88.9 Å². The summed E-state index contributed by atoms with van der Waals surface area (Å²) in [5, 5.41) is 18.7. The number of carbonyl (C=O) groups is 4. The first-order chi connectivity index (χ1) is 35.3. The predicted molar refractivity (Wildman–Crippen MR) is 294 cm³/mol. The first kappa shape index (κ1) is 51.6. The minimum atomic E-state index is -0.304. The third-order valence-electron chi connectivity index (χ3n) is 14.0. The van der Waals surface area contributed by atoms with E-state index < -0.39 is 0 Å².